The van der Waals surface area contributed by atoms with Crippen molar-refractivity contribution in [2.24, 2.45) is 0 Å². The van der Waals surface area contributed by atoms with Crippen molar-refractivity contribution in [2.75, 3.05) is 50.8 Å². The minimum absolute atomic E-state index is 0.0532. The van der Waals surface area contributed by atoms with E-state index in [2.05, 4.69) is 0 Å². The number of para-hydroxylation sites is 1. The van der Waals surface area contributed by atoms with Crippen molar-refractivity contribution in [1.82, 2.24) is 14.7 Å². The molecule has 0 bridgehead atoms. The molecular formula is C21H26N4O5. The maximum Gasteiger partial charge on any atom is 0.409 e. The Bertz CT molecular complexity index is 865. The van der Waals surface area contributed by atoms with Crippen molar-refractivity contribution in [2.45, 2.75) is 25.8 Å². The number of fused-ring (bicyclic) bond motifs is 2. The lowest BCUT2D eigenvalue weighted by atomic mass is 10.1. The zero-order valence-electron chi connectivity index (χ0n) is 17.1. The van der Waals surface area contributed by atoms with E-state index in [-0.39, 0.29) is 30.4 Å². The van der Waals surface area contributed by atoms with E-state index in [0.29, 0.717) is 57.0 Å². The van der Waals surface area contributed by atoms with Crippen LogP contribution in [0, 0.1) is 0 Å². The quantitative estimate of drug-likeness (QED) is 0.731. The molecule has 0 spiro atoms. The summed E-state index contributed by atoms with van der Waals surface area (Å²) in [7, 11) is 0. The normalized spacial score (nSPS) is 21.9. The number of carbonyl (C=O) groups is 4. The third-order valence-electron chi connectivity index (χ3n) is 5.90. The van der Waals surface area contributed by atoms with Gasteiger partial charge in [-0.05, 0) is 31.9 Å². The zero-order valence-corrected chi connectivity index (χ0v) is 17.1. The lowest BCUT2D eigenvalue weighted by Crippen LogP contribution is -2.54. The summed E-state index contributed by atoms with van der Waals surface area (Å²) >= 11 is 0. The maximum atomic E-state index is 13.3. The number of imide groups is 1. The summed E-state index contributed by atoms with van der Waals surface area (Å²) in [5, 5.41) is 0. The van der Waals surface area contributed by atoms with Gasteiger partial charge in [0.2, 0.25) is 5.91 Å². The lowest BCUT2D eigenvalue weighted by Gasteiger charge is -2.34. The molecular weight excluding hydrogens is 388 g/mol. The Kier molecular flexibility index (Phi) is 5.72. The summed E-state index contributed by atoms with van der Waals surface area (Å²) in [6.45, 7) is 4.63. The van der Waals surface area contributed by atoms with Gasteiger partial charge in [-0.25, -0.2) is 9.69 Å². The fourth-order valence-electron chi connectivity index (χ4n) is 4.36. The summed E-state index contributed by atoms with van der Waals surface area (Å²) in [5.74, 6) is -0.876. The van der Waals surface area contributed by atoms with Crippen LogP contribution in [0.4, 0.5) is 10.5 Å². The monoisotopic (exact) mass is 414 g/mol. The van der Waals surface area contributed by atoms with Gasteiger partial charge in [0, 0.05) is 32.7 Å². The first-order valence-corrected chi connectivity index (χ1v) is 10.4. The van der Waals surface area contributed by atoms with Crippen molar-refractivity contribution in [3.8, 4) is 0 Å². The highest BCUT2D eigenvalue weighted by atomic mass is 16.6. The van der Waals surface area contributed by atoms with Gasteiger partial charge >= 0.3 is 6.09 Å². The Morgan fingerprint density at radius 1 is 1.07 bits per heavy atom. The fraction of sp³-hybridized carbons (Fsp3) is 0.524. The Balaban J connectivity index is 1.50. The van der Waals surface area contributed by atoms with Crippen LogP contribution in [0.3, 0.4) is 0 Å². The molecule has 2 fully saturated rings. The first-order valence-electron chi connectivity index (χ1n) is 10.4. The number of hydrogen-bond donors (Lipinski definition) is 0. The molecule has 30 heavy (non-hydrogen) atoms. The molecule has 1 aromatic carbocycles. The molecule has 3 aliphatic rings. The molecule has 0 unspecified atom stereocenters. The molecule has 2 saturated heterocycles. The Morgan fingerprint density at radius 3 is 2.53 bits per heavy atom. The van der Waals surface area contributed by atoms with Crippen LogP contribution in [0.25, 0.3) is 0 Å². The minimum atomic E-state index is -0.588. The van der Waals surface area contributed by atoms with E-state index in [0.717, 1.165) is 6.42 Å². The van der Waals surface area contributed by atoms with Gasteiger partial charge in [-0.2, -0.15) is 0 Å². The molecule has 0 aliphatic carbocycles. The van der Waals surface area contributed by atoms with E-state index in [4.69, 9.17) is 4.74 Å². The van der Waals surface area contributed by atoms with E-state index in [1.807, 2.05) is 4.90 Å². The molecule has 3 aliphatic heterocycles. The number of rotatable bonds is 3. The number of hydrogen-bond acceptors (Lipinski definition) is 6. The predicted molar refractivity (Wildman–Crippen MR) is 108 cm³/mol. The summed E-state index contributed by atoms with van der Waals surface area (Å²) in [6.07, 6.45) is 0.975. The van der Waals surface area contributed by atoms with Gasteiger partial charge in [-0.3, -0.25) is 19.3 Å². The Morgan fingerprint density at radius 2 is 1.80 bits per heavy atom. The number of amides is 4. The first kappa shape index (κ1) is 20.3. The van der Waals surface area contributed by atoms with Gasteiger partial charge in [0.15, 0.2) is 0 Å². The highest BCUT2D eigenvalue weighted by Crippen LogP contribution is 2.32. The third kappa shape index (κ3) is 3.65. The highest BCUT2D eigenvalue weighted by Gasteiger charge is 2.44. The first-order chi connectivity index (χ1) is 14.5. The van der Waals surface area contributed by atoms with Crippen LogP contribution in [-0.2, 0) is 14.3 Å². The van der Waals surface area contributed by atoms with E-state index < -0.39 is 6.04 Å². The van der Waals surface area contributed by atoms with Gasteiger partial charge in [0.25, 0.3) is 11.8 Å². The van der Waals surface area contributed by atoms with Crippen LogP contribution in [0.1, 0.15) is 30.1 Å². The number of ether oxygens (including phenoxy) is 1. The molecule has 9 heteroatoms. The average Bonchev–Trinajstić information content (AvgIpc) is 3.21. The second kappa shape index (κ2) is 8.43. The number of anilines is 1. The number of carbonyl (C=O) groups excluding carboxylic acids is 4. The average molecular weight is 414 g/mol. The molecule has 0 N–H and O–H groups in total. The molecule has 9 nitrogen and oxygen atoms in total. The smallest absolute Gasteiger partial charge is 0.409 e. The number of nitrogens with zero attached hydrogens (tertiary/aromatic N) is 4. The molecule has 0 aromatic heterocycles. The molecule has 1 atom stereocenters. The van der Waals surface area contributed by atoms with Gasteiger partial charge in [0.05, 0.1) is 24.4 Å². The molecule has 4 rings (SSSR count). The summed E-state index contributed by atoms with van der Waals surface area (Å²) in [5.41, 5.74) is 0.743. The van der Waals surface area contributed by atoms with E-state index >= 15 is 0 Å². The van der Waals surface area contributed by atoms with Crippen LogP contribution in [0.5, 0.6) is 0 Å². The summed E-state index contributed by atoms with van der Waals surface area (Å²) in [4.78, 5) is 57.6. The second-order valence-electron chi connectivity index (χ2n) is 7.70. The SMILES string of the molecule is CCOC(=O)N1CCN(CC(=O)N2C(=O)[C@@H]3CCCN3C(=O)c3ccccc32)CC1. The van der Waals surface area contributed by atoms with Crippen LogP contribution in [0.15, 0.2) is 24.3 Å². The van der Waals surface area contributed by atoms with Crippen LogP contribution in [-0.4, -0.2) is 90.4 Å². The van der Waals surface area contributed by atoms with Crippen LogP contribution < -0.4 is 4.90 Å². The topological polar surface area (TPSA) is 90.5 Å². The van der Waals surface area contributed by atoms with Crippen molar-refractivity contribution in [3.63, 3.8) is 0 Å². The van der Waals surface area contributed by atoms with Crippen LogP contribution in [0.2, 0.25) is 0 Å². The van der Waals surface area contributed by atoms with E-state index in [9.17, 15) is 19.2 Å². The molecule has 3 heterocycles. The second-order valence-corrected chi connectivity index (χ2v) is 7.70. The maximum absolute atomic E-state index is 13.3. The predicted octanol–water partition coefficient (Wildman–Crippen LogP) is 0.939. The minimum Gasteiger partial charge on any atom is -0.450 e. The zero-order chi connectivity index (χ0) is 21.3. The summed E-state index contributed by atoms with van der Waals surface area (Å²) < 4.78 is 5.02. The number of benzene rings is 1. The van der Waals surface area contributed by atoms with Crippen molar-refractivity contribution < 1.29 is 23.9 Å². The fourth-order valence-corrected chi connectivity index (χ4v) is 4.36. The molecule has 4 amide bonds. The lowest BCUT2D eigenvalue weighted by molar-refractivity contribution is -0.129. The van der Waals surface area contributed by atoms with Gasteiger partial charge < -0.3 is 14.5 Å². The third-order valence-corrected chi connectivity index (χ3v) is 5.90. The Hall–Kier alpha value is -2.94. The Labute approximate surface area is 175 Å². The number of piperazine rings is 1. The van der Waals surface area contributed by atoms with Gasteiger partial charge in [-0.15, -0.1) is 0 Å². The van der Waals surface area contributed by atoms with Crippen LogP contribution >= 0.6 is 0 Å². The standard InChI is InChI=1S/C21H26N4O5/c1-2-30-21(29)23-12-10-22(11-13-23)14-18(26)25-16-7-4-3-6-15(16)19(27)24-9-5-8-17(24)20(25)28/h3-4,6-7,17H,2,5,8-14H2,1H3/t17-/m0/s1. The largest absolute Gasteiger partial charge is 0.450 e. The van der Waals surface area contributed by atoms with Crippen molar-refractivity contribution in [3.05, 3.63) is 29.8 Å². The van der Waals surface area contributed by atoms with Crippen molar-refractivity contribution >= 4 is 29.5 Å². The van der Waals surface area contributed by atoms with Gasteiger partial charge in [-0.1, -0.05) is 12.1 Å². The highest BCUT2D eigenvalue weighted by molar-refractivity contribution is 6.22. The van der Waals surface area contributed by atoms with E-state index in [1.54, 1.807) is 41.0 Å². The summed E-state index contributed by atoms with van der Waals surface area (Å²) in [6, 6.07) is 6.21. The van der Waals surface area contributed by atoms with Gasteiger partial charge in [0.1, 0.15) is 6.04 Å². The van der Waals surface area contributed by atoms with Crippen molar-refractivity contribution in [1.29, 1.82) is 0 Å². The molecule has 0 saturated carbocycles. The molecule has 160 valence electrons. The molecule has 1 aromatic rings. The van der Waals surface area contributed by atoms with E-state index in [1.165, 1.54) is 4.90 Å². The molecule has 0 radical (unpaired) electrons.